The average Bonchev–Trinajstić information content (AvgIpc) is 1.95. The van der Waals surface area contributed by atoms with Gasteiger partial charge in [-0.3, -0.25) is 4.79 Å². The summed E-state index contributed by atoms with van der Waals surface area (Å²) in [7, 11) is 0. The third kappa shape index (κ3) is 1.59. The monoisotopic (exact) mass is 173 g/mol. The normalized spacial score (nSPS) is 22.8. The van der Waals surface area contributed by atoms with Crippen LogP contribution in [-0.4, -0.2) is 28.8 Å². The second-order valence-corrected chi connectivity index (χ2v) is 3.53. The largest absolute Gasteiger partial charge is 0.481 e. The molecule has 0 heterocycles. The number of hydrogen-bond donors (Lipinski definition) is 3. The van der Waals surface area contributed by atoms with E-state index < -0.39 is 17.5 Å². The molecular weight excluding hydrogens is 158 g/mol. The molecule has 70 valence electrons. The van der Waals surface area contributed by atoms with Crippen LogP contribution < -0.4 is 5.73 Å². The Bertz CT molecular complexity index is 177. The Labute approximate surface area is 71.4 Å². The summed E-state index contributed by atoms with van der Waals surface area (Å²) in [5.41, 5.74) is 4.55. The molecule has 4 nitrogen and oxygen atoms in total. The zero-order valence-electron chi connectivity index (χ0n) is 6.99. The van der Waals surface area contributed by atoms with E-state index in [0.29, 0.717) is 19.3 Å². The molecule has 0 radical (unpaired) electrons. The zero-order chi connectivity index (χ0) is 9.19. The summed E-state index contributed by atoms with van der Waals surface area (Å²) in [6, 6.07) is 0. The van der Waals surface area contributed by atoms with Crippen LogP contribution in [0.5, 0.6) is 0 Å². The van der Waals surface area contributed by atoms with Gasteiger partial charge < -0.3 is 15.9 Å². The van der Waals surface area contributed by atoms with E-state index in [1.807, 2.05) is 0 Å². The fourth-order valence-electron chi connectivity index (χ4n) is 1.64. The number of nitrogens with two attached hydrogens (primary N) is 1. The van der Waals surface area contributed by atoms with Gasteiger partial charge in [-0.15, -0.1) is 0 Å². The second-order valence-electron chi connectivity index (χ2n) is 3.53. The van der Waals surface area contributed by atoms with Gasteiger partial charge in [0, 0.05) is 6.54 Å². The maximum Gasteiger partial charge on any atom is 0.309 e. The van der Waals surface area contributed by atoms with E-state index in [1.165, 1.54) is 0 Å². The van der Waals surface area contributed by atoms with Crippen molar-refractivity contribution in [2.75, 3.05) is 6.54 Å². The van der Waals surface area contributed by atoms with Crippen LogP contribution >= 0.6 is 0 Å². The highest BCUT2D eigenvalue weighted by Gasteiger charge is 2.45. The molecule has 1 rings (SSSR count). The number of rotatable bonds is 4. The molecule has 1 atom stereocenters. The molecule has 1 unspecified atom stereocenters. The summed E-state index contributed by atoms with van der Waals surface area (Å²) in [5, 5.41) is 18.1. The molecule has 0 aromatic rings. The highest BCUT2D eigenvalue weighted by molar-refractivity contribution is 5.75. The van der Waals surface area contributed by atoms with Gasteiger partial charge in [0.25, 0.3) is 0 Å². The molecule has 1 fully saturated rings. The maximum absolute atomic E-state index is 10.8. The van der Waals surface area contributed by atoms with Crippen LogP contribution in [-0.2, 0) is 4.79 Å². The molecule has 1 aliphatic rings. The number of aliphatic hydroxyl groups is 1. The first kappa shape index (κ1) is 9.48. The van der Waals surface area contributed by atoms with Crippen LogP contribution in [0, 0.1) is 5.41 Å². The van der Waals surface area contributed by atoms with Crippen LogP contribution in [0.2, 0.25) is 0 Å². The summed E-state index contributed by atoms with van der Waals surface area (Å²) in [4.78, 5) is 10.8. The molecule has 1 aliphatic carbocycles. The van der Waals surface area contributed by atoms with Crippen molar-refractivity contribution in [1.82, 2.24) is 0 Å². The van der Waals surface area contributed by atoms with Crippen molar-refractivity contribution in [1.29, 1.82) is 0 Å². The highest BCUT2D eigenvalue weighted by atomic mass is 16.4. The van der Waals surface area contributed by atoms with Gasteiger partial charge in [0.1, 0.15) is 0 Å². The van der Waals surface area contributed by atoms with Gasteiger partial charge >= 0.3 is 5.97 Å². The van der Waals surface area contributed by atoms with E-state index >= 15 is 0 Å². The number of aliphatic hydroxyl groups excluding tert-OH is 1. The summed E-state index contributed by atoms with van der Waals surface area (Å²) in [6.07, 6.45) is 1.95. The first-order valence-corrected chi connectivity index (χ1v) is 4.22. The molecule has 12 heavy (non-hydrogen) atoms. The van der Waals surface area contributed by atoms with Crippen molar-refractivity contribution in [3.63, 3.8) is 0 Å². The molecule has 1 saturated carbocycles. The zero-order valence-corrected chi connectivity index (χ0v) is 6.99. The van der Waals surface area contributed by atoms with Gasteiger partial charge in [-0.05, 0) is 19.3 Å². The first-order chi connectivity index (χ1) is 5.60. The third-order valence-electron chi connectivity index (χ3n) is 2.66. The molecule has 0 bridgehead atoms. The Hall–Kier alpha value is -0.610. The highest BCUT2D eigenvalue weighted by Crippen LogP contribution is 2.44. The molecular formula is C8H15NO3. The molecule has 0 aliphatic heterocycles. The lowest BCUT2D eigenvalue weighted by molar-refractivity contribution is -0.157. The van der Waals surface area contributed by atoms with E-state index in [-0.39, 0.29) is 6.54 Å². The van der Waals surface area contributed by atoms with Gasteiger partial charge in [0.2, 0.25) is 0 Å². The van der Waals surface area contributed by atoms with Crippen LogP contribution in [0.25, 0.3) is 0 Å². The predicted octanol–water partition coefficient (Wildman–Crippen LogP) is -0.0490. The topological polar surface area (TPSA) is 83.5 Å². The molecule has 0 amide bonds. The van der Waals surface area contributed by atoms with Crippen LogP contribution in [0.3, 0.4) is 0 Å². The molecule has 4 N–H and O–H groups in total. The molecule has 0 saturated heterocycles. The van der Waals surface area contributed by atoms with E-state index in [9.17, 15) is 9.90 Å². The molecule has 0 aromatic carbocycles. The lowest BCUT2D eigenvalue weighted by atomic mass is 9.65. The Kier molecular flexibility index (Phi) is 2.69. The van der Waals surface area contributed by atoms with Crippen molar-refractivity contribution < 1.29 is 15.0 Å². The minimum absolute atomic E-state index is 0.148. The quantitative estimate of drug-likeness (QED) is 0.556. The van der Waals surface area contributed by atoms with E-state index in [0.717, 1.165) is 6.42 Å². The Morgan fingerprint density at radius 1 is 1.58 bits per heavy atom. The fourth-order valence-corrected chi connectivity index (χ4v) is 1.64. The smallest absolute Gasteiger partial charge is 0.309 e. The maximum atomic E-state index is 10.8. The van der Waals surface area contributed by atoms with E-state index in [1.54, 1.807) is 0 Å². The van der Waals surface area contributed by atoms with Gasteiger partial charge in [-0.25, -0.2) is 0 Å². The van der Waals surface area contributed by atoms with Gasteiger partial charge in [-0.1, -0.05) is 6.42 Å². The SMILES string of the molecule is NCC(O)CC1(C(=O)O)CCC1. The Balaban J connectivity index is 2.50. The number of hydrogen-bond acceptors (Lipinski definition) is 3. The number of carbonyl (C=O) groups is 1. The molecule has 4 heteroatoms. The predicted molar refractivity (Wildman–Crippen MR) is 43.6 cm³/mol. The third-order valence-corrected chi connectivity index (χ3v) is 2.66. The van der Waals surface area contributed by atoms with Crippen molar-refractivity contribution in [3.05, 3.63) is 0 Å². The van der Waals surface area contributed by atoms with Crippen molar-refractivity contribution in [2.24, 2.45) is 11.1 Å². The summed E-state index contributed by atoms with van der Waals surface area (Å²) in [6.45, 7) is 0.148. The minimum atomic E-state index is -0.791. The summed E-state index contributed by atoms with van der Waals surface area (Å²) >= 11 is 0. The second kappa shape index (κ2) is 3.41. The standard InChI is InChI=1S/C8H15NO3/c9-5-6(10)4-8(7(11)12)2-1-3-8/h6,10H,1-5,9H2,(H,11,12). The van der Waals surface area contributed by atoms with Crippen LogP contribution in [0.4, 0.5) is 0 Å². The number of carboxylic acids is 1. The number of carboxylic acid groups (broad SMARTS) is 1. The lowest BCUT2D eigenvalue weighted by Crippen LogP contribution is -2.42. The van der Waals surface area contributed by atoms with Gasteiger partial charge in [0.05, 0.1) is 11.5 Å². The van der Waals surface area contributed by atoms with E-state index in [2.05, 4.69) is 0 Å². The van der Waals surface area contributed by atoms with E-state index in [4.69, 9.17) is 10.8 Å². The Morgan fingerprint density at radius 3 is 2.42 bits per heavy atom. The Morgan fingerprint density at radius 2 is 2.17 bits per heavy atom. The summed E-state index contributed by atoms with van der Waals surface area (Å²) < 4.78 is 0. The van der Waals surface area contributed by atoms with Crippen LogP contribution in [0.1, 0.15) is 25.7 Å². The number of aliphatic carboxylic acids is 1. The average molecular weight is 173 g/mol. The van der Waals surface area contributed by atoms with Crippen molar-refractivity contribution >= 4 is 5.97 Å². The minimum Gasteiger partial charge on any atom is -0.481 e. The lowest BCUT2D eigenvalue weighted by Gasteiger charge is -2.38. The molecule has 0 spiro atoms. The van der Waals surface area contributed by atoms with Gasteiger partial charge in [-0.2, -0.15) is 0 Å². The molecule has 0 aromatic heterocycles. The van der Waals surface area contributed by atoms with Crippen molar-refractivity contribution in [2.45, 2.75) is 31.8 Å². The fraction of sp³-hybridized carbons (Fsp3) is 0.875. The first-order valence-electron chi connectivity index (χ1n) is 4.22. The summed E-state index contributed by atoms with van der Waals surface area (Å²) in [5.74, 6) is -0.791. The van der Waals surface area contributed by atoms with Crippen molar-refractivity contribution in [3.8, 4) is 0 Å². The van der Waals surface area contributed by atoms with Crippen LogP contribution in [0.15, 0.2) is 0 Å². The van der Waals surface area contributed by atoms with Gasteiger partial charge in [0.15, 0.2) is 0 Å².